The van der Waals surface area contributed by atoms with E-state index >= 15 is 0 Å². The van der Waals surface area contributed by atoms with E-state index < -0.39 is 6.04 Å². The summed E-state index contributed by atoms with van der Waals surface area (Å²) in [6.07, 6.45) is 0. The Hall–Kier alpha value is -1.73. The molecule has 2 amide bonds. The van der Waals surface area contributed by atoms with Crippen LogP contribution in [0.4, 0.5) is 10.5 Å². The third-order valence-electron chi connectivity index (χ3n) is 2.55. The van der Waals surface area contributed by atoms with Crippen molar-refractivity contribution in [3.05, 3.63) is 29.3 Å². The molecule has 0 radical (unpaired) electrons. The van der Waals surface area contributed by atoms with Crippen LogP contribution in [0, 0.1) is 11.3 Å². The lowest BCUT2D eigenvalue weighted by Crippen LogP contribution is -2.43. The van der Waals surface area contributed by atoms with Crippen LogP contribution in [-0.4, -0.2) is 31.1 Å². The SMILES string of the molecule is C[C@@H](C#N)N(C)C(=O)N(C)c1cccc(Cl)c1. The van der Waals surface area contributed by atoms with E-state index in [9.17, 15) is 4.79 Å². The molecule has 1 atom stereocenters. The molecule has 1 aromatic rings. The van der Waals surface area contributed by atoms with Gasteiger partial charge in [0.15, 0.2) is 0 Å². The van der Waals surface area contributed by atoms with Gasteiger partial charge < -0.3 is 4.90 Å². The second kappa shape index (κ2) is 5.55. The van der Waals surface area contributed by atoms with E-state index in [-0.39, 0.29) is 6.03 Å². The number of anilines is 1. The van der Waals surface area contributed by atoms with Gasteiger partial charge >= 0.3 is 6.03 Å². The lowest BCUT2D eigenvalue weighted by molar-refractivity contribution is 0.211. The third-order valence-corrected chi connectivity index (χ3v) is 2.79. The van der Waals surface area contributed by atoms with E-state index in [1.165, 1.54) is 9.80 Å². The fourth-order valence-corrected chi connectivity index (χ4v) is 1.47. The Balaban J connectivity index is 2.87. The number of hydrogen-bond acceptors (Lipinski definition) is 2. The van der Waals surface area contributed by atoms with Gasteiger partial charge in [-0.3, -0.25) is 4.90 Å². The summed E-state index contributed by atoms with van der Waals surface area (Å²) >= 11 is 5.86. The summed E-state index contributed by atoms with van der Waals surface area (Å²) in [5, 5.41) is 9.33. The summed E-state index contributed by atoms with van der Waals surface area (Å²) in [5.41, 5.74) is 0.694. The summed E-state index contributed by atoms with van der Waals surface area (Å²) in [4.78, 5) is 14.8. The molecule has 0 fully saturated rings. The van der Waals surface area contributed by atoms with Crippen molar-refractivity contribution >= 4 is 23.3 Å². The van der Waals surface area contributed by atoms with Gasteiger partial charge in [-0.2, -0.15) is 5.26 Å². The van der Waals surface area contributed by atoms with Crippen molar-refractivity contribution < 1.29 is 4.79 Å². The lowest BCUT2D eigenvalue weighted by Gasteiger charge is -2.26. The van der Waals surface area contributed by atoms with E-state index in [1.807, 2.05) is 6.07 Å². The molecule has 0 unspecified atom stereocenters. The van der Waals surface area contributed by atoms with Crippen molar-refractivity contribution in [3.8, 4) is 6.07 Å². The van der Waals surface area contributed by atoms with Crippen LogP contribution in [0.3, 0.4) is 0 Å². The van der Waals surface area contributed by atoms with E-state index in [0.29, 0.717) is 10.7 Å². The quantitative estimate of drug-likeness (QED) is 0.811. The number of benzene rings is 1. The molecule has 17 heavy (non-hydrogen) atoms. The molecule has 1 aromatic carbocycles. The average molecular weight is 252 g/mol. The Kier molecular flexibility index (Phi) is 4.36. The maximum atomic E-state index is 12.0. The molecule has 0 aromatic heterocycles. The summed E-state index contributed by atoms with van der Waals surface area (Å²) in [7, 11) is 3.24. The highest BCUT2D eigenvalue weighted by atomic mass is 35.5. The molecule has 4 nitrogen and oxygen atoms in total. The van der Waals surface area contributed by atoms with Crippen LogP contribution >= 0.6 is 11.6 Å². The Morgan fingerprint density at radius 3 is 2.65 bits per heavy atom. The second-order valence-corrected chi connectivity index (χ2v) is 4.17. The Morgan fingerprint density at radius 2 is 2.12 bits per heavy atom. The van der Waals surface area contributed by atoms with E-state index in [1.54, 1.807) is 45.3 Å². The molecule has 0 aliphatic carbocycles. The molecule has 5 heteroatoms. The monoisotopic (exact) mass is 251 g/mol. The van der Waals surface area contributed by atoms with E-state index in [4.69, 9.17) is 16.9 Å². The molecule has 0 saturated carbocycles. The number of nitrogens with zero attached hydrogens (tertiary/aromatic N) is 3. The van der Waals surface area contributed by atoms with Gasteiger partial charge in [0.1, 0.15) is 6.04 Å². The minimum Gasteiger partial charge on any atom is -0.312 e. The van der Waals surface area contributed by atoms with Gasteiger partial charge in [-0.05, 0) is 25.1 Å². The first-order valence-corrected chi connectivity index (χ1v) is 5.51. The standard InChI is InChI=1S/C12H14ClN3O/c1-9(8-14)15(2)12(17)16(3)11-6-4-5-10(13)7-11/h4-7,9H,1-3H3/t9-/m0/s1. The zero-order valence-corrected chi connectivity index (χ0v) is 10.8. The number of amides is 2. The number of urea groups is 1. The number of carbonyl (C=O) groups is 1. The molecule has 0 saturated heterocycles. The average Bonchev–Trinajstić information content (AvgIpc) is 2.35. The molecule has 0 aliphatic heterocycles. The maximum absolute atomic E-state index is 12.0. The number of hydrogen-bond donors (Lipinski definition) is 0. The summed E-state index contributed by atoms with van der Waals surface area (Å²) in [6, 6.07) is 8.30. The zero-order valence-electron chi connectivity index (χ0n) is 10.0. The van der Waals surface area contributed by atoms with Crippen LogP contribution in [0.5, 0.6) is 0 Å². The molecular formula is C12H14ClN3O. The van der Waals surface area contributed by atoms with Crippen molar-refractivity contribution in [3.63, 3.8) is 0 Å². The van der Waals surface area contributed by atoms with Gasteiger partial charge in [0.05, 0.1) is 6.07 Å². The third kappa shape index (κ3) is 3.11. The predicted molar refractivity (Wildman–Crippen MR) is 68.1 cm³/mol. The van der Waals surface area contributed by atoms with Crippen molar-refractivity contribution in [2.45, 2.75) is 13.0 Å². The van der Waals surface area contributed by atoms with E-state index in [2.05, 4.69) is 0 Å². The predicted octanol–water partition coefficient (Wildman–Crippen LogP) is 2.74. The Morgan fingerprint density at radius 1 is 1.47 bits per heavy atom. The van der Waals surface area contributed by atoms with Gasteiger partial charge in [0.2, 0.25) is 0 Å². The Labute approximate surface area is 106 Å². The molecule has 0 spiro atoms. The lowest BCUT2D eigenvalue weighted by atomic mass is 10.3. The van der Waals surface area contributed by atoms with Crippen LogP contribution in [0.2, 0.25) is 5.02 Å². The number of halogens is 1. The summed E-state index contributed by atoms with van der Waals surface area (Å²) in [5.74, 6) is 0. The highest BCUT2D eigenvalue weighted by Gasteiger charge is 2.19. The van der Waals surface area contributed by atoms with Crippen LogP contribution in [-0.2, 0) is 0 Å². The van der Waals surface area contributed by atoms with Gasteiger partial charge in [-0.15, -0.1) is 0 Å². The topological polar surface area (TPSA) is 47.3 Å². The van der Waals surface area contributed by atoms with Crippen LogP contribution in [0.25, 0.3) is 0 Å². The molecular weight excluding hydrogens is 238 g/mol. The van der Waals surface area contributed by atoms with Gasteiger partial charge in [-0.25, -0.2) is 4.79 Å². The highest BCUT2D eigenvalue weighted by Crippen LogP contribution is 2.19. The summed E-state index contributed by atoms with van der Waals surface area (Å²) in [6.45, 7) is 1.67. The van der Waals surface area contributed by atoms with Crippen LogP contribution < -0.4 is 4.90 Å². The van der Waals surface area contributed by atoms with Crippen LogP contribution in [0.15, 0.2) is 24.3 Å². The smallest absolute Gasteiger partial charge is 0.312 e. The fourth-order valence-electron chi connectivity index (χ4n) is 1.28. The fraction of sp³-hybridized carbons (Fsp3) is 0.333. The van der Waals surface area contributed by atoms with E-state index in [0.717, 1.165) is 0 Å². The van der Waals surface area contributed by atoms with Gasteiger partial charge in [-0.1, -0.05) is 17.7 Å². The highest BCUT2D eigenvalue weighted by molar-refractivity contribution is 6.30. The first-order valence-electron chi connectivity index (χ1n) is 5.13. The Bertz CT molecular complexity index is 455. The number of rotatable bonds is 2. The van der Waals surface area contributed by atoms with Gasteiger partial charge in [0, 0.05) is 24.8 Å². The zero-order chi connectivity index (χ0) is 13.0. The normalized spacial score (nSPS) is 11.5. The molecule has 0 N–H and O–H groups in total. The first-order chi connectivity index (χ1) is 7.97. The maximum Gasteiger partial charge on any atom is 0.325 e. The second-order valence-electron chi connectivity index (χ2n) is 3.74. The molecule has 90 valence electrons. The first kappa shape index (κ1) is 13.3. The summed E-state index contributed by atoms with van der Waals surface area (Å²) < 4.78 is 0. The number of nitriles is 1. The number of carbonyl (C=O) groups excluding carboxylic acids is 1. The minimum absolute atomic E-state index is 0.249. The molecule has 0 aliphatic rings. The largest absolute Gasteiger partial charge is 0.325 e. The minimum atomic E-state index is -0.468. The van der Waals surface area contributed by atoms with Crippen molar-refractivity contribution in [1.82, 2.24) is 4.90 Å². The van der Waals surface area contributed by atoms with Crippen molar-refractivity contribution in [1.29, 1.82) is 5.26 Å². The van der Waals surface area contributed by atoms with Crippen molar-refractivity contribution in [2.75, 3.05) is 19.0 Å². The van der Waals surface area contributed by atoms with Crippen LogP contribution in [0.1, 0.15) is 6.92 Å². The van der Waals surface area contributed by atoms with Crippen molar-refractivity contribution in [2.24, 2.45) is 0 Å². The molecule has 0 bridgehead atoms. The molecule has 1 rings (SSSR count). The molecule has 0 heterocycles. The van der Waals surface area contributed by atoms with Gasteiger partial charge in [0.25, 0.3) is 0 Å².